The molecule has 0 aliphatic heterocycles. The van der Waals surface area contributed by atoms with Gasteiger partial charge in [-0.15, -0.1) is 0 Å². The van der Waals surface area contributed by atoms with Gasteiger partial charge in [-0.25, -0.2) is 0 Å². The fourth-order valence-corrected chi connectivity index (χ4v) is 3.96. The van der Waals surface area contributed by atoms with Crippen LogP contribution in [0.15, 0.2) is 46.9 Å². The lowest BCUT2D eigenvalue weighted by molar-refractivity contribution is -0.117. The first-order valence-electron chi connectivity index (χ1n) is 8.38. The van der Waals surface area contributed by atoms with E-state index < -0.39 is 0 Å². The van der Waals surface area contributed by atoms with Crippen molar-refractivity contribution in [1.82, 2.24) is 4.90 Å². The molecule has 1 aliphatic rings. The normalized spacial score (nSPS) is 16.8. The van der Waals surface area contributed by atoms with Crippen LogP contribution in [-0.2, 0) is 11.2 Å². The van der Waals surface area contributed by atoms with Crippen LogP contribution in [0.25, 0.3) is 0 Å². The highest BCUT2D eigenvalue weighted by Crippen LogP contribution is 2.33. The van der Waals surface area contributed by atoms with E-state index in [9.17, 15) is 4.79 Å². The van der Waals surface area contributed by atoms with Gasteiger partial charge in [0.15, 0.2) is 0 Å². The molecule has 0 bridgehead atoms. The number of benzene rings is 2. The van der Waals surface area contributed by atoms with E-state index in [1.807, 2.05) is 32.2 Å². The Balaban J connectivity index is 1.67. The predicted molar refractivity (Wildman–Crippen MR) is 102 cm³/mol. The largest absolute Gasteiger partial charge is 0.325 e. The Morgan fingerprint density at radius 2 is 2.08 bits per heavy atom. The van der Waals surface area contributed by atoms with E-state index in [-0.39, 0.29) is 5.91 Å². The molecule has 2 aromatic carbocycles. The van der Waals surface area contributed by atoms with Gasteiger partial charge >= 0.3 is 0 Å². The molecule has 3 rings (SSSR count). The van der Waals surface area contributed by atoms with Gasteiger partial charge in [0.2, 0.25) is 5.91 Å². The zero-order chi connectivity index (χ0) is 17.1. The van der Waals surface area contributed by atoms with Crippen molar-refractivity contribution in [3.8, 4) is 0 Å². The lowest BCUT2D eigenvalue weighted by atomic mass is 9.87. The number of rotatable bonds is 4. The van der Waals surface area contributed by atoms with Crippen LogP contribution >= 0.6 is 15.9 Å². The minimum absolute atomic E-state index is 0.0333. The number of nitrogens with zero attached hydrogens (tertiary/aromatic N) is 1. The number of carbonyl (C=O) groups is 1. The lowest BCUT2D eigenvalue weighted by Gasteiger charge is -2.32. The summed E-state index contributed by atoms with van der Waals surface area (Å²) in [7, 11) is 2.04. The Hall–Kier alpha value is -1.65. The Kier molecular flexibility index (Phi) is 5.36. The highest BCUT2D eigenvalue weighted by Gasteiger charge is 2.24. The first-order valence-corrected chi connectivity index (χ1v) is 9.18. The third-order valence-electron chi connectivity index (χ3n) is 4.73. The second kappa shape index (κ2) is 7.49. The first kappa shape index (κ1) is 17.2. The molecule has 1 amide bonds. The number of aryl methyl sites for hydroxylation is 2. The number of likely N-dealkylation sites (N-methyl/N-ethyl adjacent to an activating group) is 1. The molecule has 0 fully saturated rings. The summed E-state index contributed by atoms with van der Waals surface area (Å²) < 4.78 is 1.02. The van der Waals surface area contributed by atoms with E-state index in [1.165, 1.54) is 17.5 Å². The van der Waals surface area contributed by atoms with E-state index >= 15 is 0 Å². The molecule has 24 heavy (non-hydrogen) atoms. The van der Waals surface area contributed by atoms with Crippen molar-refractivity contribution in [1.29, 1.82) is 0 Å². The summed E-state index contributed by atoms with van der Waals surface area (Å²) in [5.41, 5.74) is 4.73. The summed E-state index contributed by atoms with van der Waals surface area (Å²) >= 11 is 3.45. The number of nitrogens with one attached hydrogen (secondary N) is 1. The zero-order valence-corrected chi connectivity index (χ0v) is 15.8. The van der Waals surface area contributed by atoms with Gasteiger partial charge in [-0.3, -0.25) is 9.69 Å². The second-order valence-electron chi connectivity index (χ2n) is 6.53. The monoisotopic (exact) mass is 386 g/mol. The highest BCUT2D eigenvalue weighted by molar-refractivity contribution is 9.10. The molecule has 2 aromatic rings. The molecule has 126 valence electrons. The maximum Gasteiger partial charge on any atom is 0.238 e. The number of hydrogen-bond donors (Lipinski definition) is 1. The van der Waals surface area contributed by atoms with E-state index in [0.29, 0.717) is 12.6 Å². The Morgan fingerprint density at radius 1 is 1.29 bits per heavy atom. The first-order chi connectivity index (χ1) is 11.5. The fraction of sp³-hybridized carbons (Fsp3) is 0.350. The summed E-state index contributed by atoms with van der Waals surface area (Å²) in [5, 5.41) is 3.03. The van der Waals surface area contributed by atoms with Gasteiger partial charge in [0.05, 0.1) is 6.54 Å². The van der Waals surface area contributed by atoms with Gasteiger partial charge in [0.1, 0.15) is 0 Å². The van der Waals surface area contributed by atoms with E-state index in [2.05, 4.69) is 50.4 Å². The van der Waals surface area contributed by atoms with Crippen molar-refractivity contribution >= 4 is 27.5 Å². The Bertz CT molecular complexity index is 744. The SMILES string of the molecule is Cc1cc(Br)ccc1NC(=O)CN(C)[C@@H]1CCCc2ccccc21. The number of hydrogen-bond acceptors (Lipinski definition) is 2. The van der Waals surface area contributed by atoms with Gasteiger partial charge < -0.3 is 5.32 Å². The average molecular weight is 387 g/mol. The molecular weight excluding hydrogens is 364 g/mol. The van der Waals surface area contributed by atoms with Crippen molar-refractivity contribution in [2.45, 2.75) is 32.2 Å². The van der Waals surface area contributed by atoms with Crippen LogP contribution in [0, 0.1) is 6.92 Å². The standard InChI is InChI=1S/C20H23BrN2O/c1-14-12-16(21)10-11-18(14)22-20(24)13-23(2)19-9-5-7-15-6-3-4-8-17(15)19/h3-4,6,8,10-12,19H,5,7,9,13H2,1-2H3,(H,22,24)/t19-/m1/s1. The third-order valence-corrected chi connectivity index (χ3v) is 5.22. The second-order valence-corrected chi connectivity index (χ2v) is 7.45. The molecule has 3 nitrogen and oxygen atoms in total. The van der Waals surface area contributed by atoms with Gasteiger partial charge in [-0.1, -0.05) is 40.2 Å². The molecule has 0 saturated carbocycles. The molecule has 0 unspecified atom stereocenters. The molecule has 0 spiro atoms. The van der Waals surface area contributed by atoms with Crippen molar-refractivity contribution in [3.63, 3.8) is 0 Å². The van der Waals surface area contributed by atoms with Crippen LogP contribution in [0.4, 0.5) is 5.69 Å². The molecular formula is C20H23BrN2O. The molecule has 1 N–H and O–H groups in total. The number of fused-ring (bicyclic) bond motifs is 1. The minimum atomic E-state index is 0.0333. The minimum Gasteiger partial charge on any atom is -0.325 e. The molecule has 1 atom stereocenters. The summed E-state index contributed by atoms with van der Waals surface area (Å²) in [5.74, 6) is 0.0333. The summed E-state index contributed by atoms with van der Waals surface area (Å²) in [6, 6.07) is 14.8. The Labute approximate surface area is 152 Å². The number of anilines is 1. The quantitative estimate of drug-likeness (QED) is 0.825. The lowest BCUT2D eigenvalue weighted by Crippen LogP contribution is -2.35. The molecule has 1 aliphatic carbocycles. The van der Waals surface area contributed by atoms with Crippen LogP contribution in [0.3, 0.4) is 0 Å². The summed E-state index contributed by atoms with van der Waals surface area (Å²) in [6.45, 7) is 2.40. The van der Waals surface area contributed by atoms with Gasteiger partial charge in [-0.05, 0) is 68.1 Å². The maximum atomic E-state index is 12.5. The fourth-order valence-electron chi connectivity index (χ4n) is 3.48. The van der Waals surface area contributed by atoms with E-state index in [4.69, 9.17) is 0 Å². The van der Waals surface area contributed by atoms with E-state index in [1.54, 1.807) is 0 Å². The Morgan fingerprint density at radius 3 is 2.88 bits per heavy atom. The predicted octanol–water partition coefficient (Wildman–Crippen LogP) is 4.71. The van der Waals surface area contributed by atoms with Gasteiger partial charge in [0, 0.05) is 16.2 Å². The van der Waals surface area contributed by atoms with E-state index in [0.717, 1.165) is 28.6 Å². The zero-order valence-electron chi connectivity index (χ0n) is 14.2. The number of amides is 1. The van der Waals surface area contributed by atoms with Gasteiger partial charge in [-0.2, -0.15) is 0 Å². The van der Waals surface area contributed by atoms with Crippen LogP contribution < -0.4 is 5.32 Å². The smallest absolute Gasteiger partial charge is 0.238 e. The van der Waals surface area contributed by atoms with Crippen molar-refractivity contribution in [2.24, 2.45) is 0 Å². The van der Waals surface area contributed by atoms with Crippen LogP contribution in [0.1, 0.15) is 35.6 Å². The number of halogens is 1. The topological polar surface area (TPSA) is 32.3 Å². The summed E-state index contributed by atoms with van der Waals surface area (Å²) in [6.07, 6.45) is 3.43. The van der Waals surface area contributed by atoms with Gasteiger partial charge in [0.25, 0.3) is 0 Å². The maximum absolute atomic E-state index is 12.5. The molecule has 4 heteroatoms. The van der Waals surface area contributed by atoms with Crippen LogP contribution in [0.2, 0.25) is 0 Å². The average Bonchev–Trinajstić information content (AvgIpc) is 2.57. The number of carbonyl (C=O) groups excluding carboxylic acids is 1. The van der Waals surface area contributed by atoms with Crippen molar-refractivity contribution < 1.29 is 4.79 Å². The molecule has 0 aromatic heterocycles. The van der Waals surface area contributed by atoms with Crippen LogP contribution in [0.5, 0.6) is 0 Å². The molecule has 0 saturated heterocycles. The van der Waals surface area contributed by atoms with Crippen molar-refractivity contribution in [3.05, 3.63) is 63.6 Å². The van der Waals surface area contributed by atoms with Crippen LogP contribution in [-0.4, -0.2) is 24.4 Å². The third kappa shape index (κ3) is 3.87. The molecule has 0 radical (unpaired) electrons. The molecule has 0 heterocycles. The summed E-state index contributed by atoms with van der Waals surface area (Å²) in [4.78, 5) is 14.6. The van der Waals surface area contributed by atoms with Crippen molar-refractivity contribution in [2.75, 3.05) is 18.9 Å². The highest BCUT2D eigenvalue weighted by atomic mass is 79.9.